The van der Waals surface area contributed by atoms with Gasteiger partial charge in [-0.2, -0.15) is 0 Å². The SMILES string of the molecule is CC1CCC(Cc2ccc(/C=C\C(=O)OC3CO[C@@H]4[C@@H](OOC/C=C/c5ccc(CC6CCC(C)CC6)cc5)CO[C@H]34)cc2)CC1. The first-order valence-corrected chi connectivity index (χ1v) is 17.7. The summed E-state index contributed by atoms with van der Waals surface area (Å²) in [5, 5.41) is 0. The number of rotatable bonds is 12. The van der Waals surface area contributed by atoms with Crippen molar-refractivity contribution in [2.24, 2.45) is 23.7 Å². The fourth-order valence-electron chi connectivity index (χ4n) is 7.58. The lowest BCUT2D eigenvalue weighted by atomic mass is 9.80. The zero-order valence-electron chi connectivity index (χ0n) is 27.7. The maximum Gasteiger partial charge on any atom is 0.331 e. The summed E-state index contributed by atoms with van der Waals surface area (Å²) in [6, 6.07) is 17.3. The third kappa shape index (κ3) is 9.41. The fraction of sp³-hybridized carbons (Fsp3) is 0.575. The van der Waals surface area contributed by atoms with Crippen molar-refractivity contribution >= 4 is 18.1 Å². The summed E-state index contributed by atoms with van der Waals surface area (Å²) in [4.78, 5) is 23.7. The van der Waals surface area contributed by atoms with Crippen LogP contribution in [-0.4, -0.2) is 50.2 Å². The maximum absolute atomic E-state index is 12.6. The molecular formula is C40H52O6. The number of hydrogen-bond acceptors (Lipinski definition) is 6. The molecule has 2 aliphatic heterocycles. The zero-order chi connectivity index (χ0) is 31.7. The van der Waals surface area contributed by atoms with Gasteiger partial charge in [-0.05, 0) is 90.5 Å². The number of benzene rings is 2. The van der Waals surface area contributed by atoms with Crippen LogP contribution in [0.3, 0.4) is 0 Å². The van der Waals surface area contributed by atoms with Crippen LogP contribution in [0.2, 0.25) is 0 Å². The van der Waals surface area contributed by atoms with Gasteiger partial charge in [-0.25, -0.2) is 14.6 Å². The summed E-state index contributed by atoms with van der Waals surface area (Å²) >= 11 is 0. The number of fused-ring (bicyclic) bond motifs is 1. The molecule has 1 unspecified atom stereocenters. The van der Waals surface area contributed by atoms with Crippen LogP contribution in [0.15, 0.2) is 60.7 Å². The van der Waals surface area contributed by atoms with Gasteiger partial charge in [0.1, 0.15) is 24.9 Å². The number of esters is 1. The normalized spacial score (nSPS) is 31.4. The lowest BCUT2D eigenvalue weighted by Crippen LogP contribution is -2.34. The van der Waals surface area contributed by atoms with Crippen molar-refractivity contribution in [1.82, 2.24) is 0 Å². The van der Waals surface area contributed by atoms with Crippen molar-refractivity contribution in [1.29, 1.82) is 0 Å². The van der Waals surface area contributed by atoms with E-state index < -0.39 is 12.1 Å². The Labute approximate surface area is 275 Å². The van der Waals surface area contributed by atoms with E-state index in [1.807, 2.05) is 12.2 Å². The van der Waals surface area contributed by atoms with E-state index in [9.17, 15) is 4.79 Å². The fourth-order valence-corrected chi connectivity index (χ4v) is 7.58. The average molecular weight is 629 g/mol. The predicted octanol–water partition coefficient (Wildman–Crippen LogP) is 8.18. The molecule has 248 valence electrons. The molecule has 2 saturated heterocycles. The summed E-state index contributed by atoms with van der Waals surface area (Å²) in [6.07, 6.45) is 18.9. The van der Waals surface area contributed by atoms with E-state index in [4.69, 9.17) is 24.0 Å². The third-order valence-electron chi connectivity index (χ3n) is 10.6. The molecule has 6 nitrogen and oxygen atoms in total. The van der Waals surface area contributed by atoms with E-state index in [1.54, 1.807) is 6.08 Å². The molecule has 0 aromatic heterocycles. The Balaban J connectivity index is 0.873. The van der Waals surface area contributed by atoms with Gasteiger partial charge >= 0.3 is 5.97 Å². The quantitative estimate of drug-likeness (QED) is 0.0777. The molecule has 0 N–H and O–H groups in total. The van der Waals surface area contributed by atoms with E-state index in [0.29, 0.717) is 13.2 Å². The van der Waals surface area contributed by atoms with E-state index in [2.05, 4.69) is 62.4 Å². The minimum atomic E-state index is -0.471. The molecule has 0 amide bonds. The summed E-state index contributed by atoms with van der Waals surface area (Å²) < 4.78 is 17.5. The molecule has 4 aliphatic rings. The monoisotopic (exact) mass is 628 g/mol. The van der Waals surface area contributed by atoms with Gasteiger partial charge in [-0.3, -0.25) is 0 Å². The first-order chi connectivity index (χ1) is 22.5. The molecule has 2 saturated carbocycles. The first kappa shape index (κ1) is 33.1. The van der Waals surface area contributed by atoms with Gasteiger partial charge in [0.15, 0.2) is 6.10 Å². The Bertz CT molecular complexity index is 1280. The van der Waals surface area contributed by atoms with E-state index in [1.165, 1.54) is 75.0 Å². The standard InChI is InChI=1S/C40H52O6/c1-28-5-9-32(10-6-28)24-34-17-13-30(14-18-34)4-3-23-44-46-37-27-43-39-36(26-42-40(37)39)45-38(41)22-21-31-15-19-35(20-16-31)25-33-11-7-29(2)8-12-33/h3-4,13-22,28-29,32-33,36-37,39-40H,5-12,23-27H2,1-2H3/b4-3+,22-21-/t28?,29?,32?,33?,36?,37-,39+,40+/m0/s1. The van der Waals surface area contributed by atoms with Crippen LogP contribution >= 0.6 is 0 Å². The topological polar surface area (TPSA) is 63.2 Å². The second-order valence-electron chi connectivity index (χ2n) is 14.4. The molecule has 4 fully saturated rings. The van der Waals surface area contributed by atoms with Crippen molar-refractivity contribution in [2.45, 2.75) is 102 Å². The molecule has 2 aromatic rings. The summed E-state index contributed by atoms with van der Waals surface area (Å²) in [5.74, 6) is 3.00. The molecule has 46 heavy (non-hydrogen) atoms. The summed E-state index contributed by atoms with van der Waals surface area (Å²) in [7, 11) is 0. The molecule has 2 aromatic carbocycles. The van der Waals surface area contributed by atoms with Crippen molar-refractivity contribution in [2.75, 3.05) is 19.8 Å². The van der Waals surface area contributed by atoms with E-state index in [0.717, 1.165) is 41.2 Å². The lowest BCUT2D eigenvalue weighted by molar-refractivity contribution is -0.326. The Morgan fingerprint density at radius 3 is 1.76 bits per heavy atom. The Morgan fingerprint density at radius 2 is 1.20 bits per heavy atom. The van der Waals surface area contributed by atoms with Crippen molar-refractivity contribution in [3.05, 3.63) is 82.9 Å². The van der Waals surface area contributed by atoms with Gasteiger partial charge in [0, 0.05) is 6.08 Å². The second-order valence-corrected chi connectivity index (χ2v) is 14.4. The van der Waals surface area contributed by atoms with Crippen molar-refractivity contribution < 1.29 is 28.8 Å². The number of hydrogen-bond donors (Lipinski definition) is 0. The largest absolute Gasteiger partial charge is 0.454 e. The van der Waals surface area contributed by atoms with Gasteiger partial charge in [0.25, 0.3) is 0 Å². The van der Waals surface area contributed by atoms with Crippen LogP contribution in [0.5, 0.6) is 0 Å². The first-order valence-electron chi connectivity index (χ1n) is 17.7. The average Bonchev–Trinajstić information content (AvgIpc) is 3.66. The van der Waals surface area contributed by atoms with Crippen LogP contribution < -0.4 is 0 Å². The van der Waals surface area contributed by atoms with Gasteiger partial charge < -0.3 is 14.2 Å². The minimum Gasteiger partial charge on any atom is -0.454 e. The van der Waals surface area contributed by atoms with Crippen molar-refractivity contribution in [3.63, 3.8) is 0 Å². The Kier molecular flexibility index (Phi) is 11.8. The van der Waals surface area contributed by atoms with Gasteiger partial charge in [-0.1, -0.05) is 100 Å². The Hall–Kier alpha value is -2.77. The maximum atomic E-state index is 12.6. The molecule has 6 rings (SSSR count). The minimum absolute atomic E-state index is 0.277. The number of carbonyl (C=O) groups is 1. The van der Waals surface area contributed by atoms with Crippen LogP contribution in [0.1, 0.15) is 87.5 Å². The highest BCUT2D eigenvalue weighted by Crippen LogP contribution is 2.33. The molecule has 2 aliphatic carbocycles. The van der Waals surface area contributed by atoms with Crippen LogP contribution in [0.4, 0.5) is 0 Å². The summed E-state index contributed by atoms with van der Waals surface area (Å²) in [5.41, 5.74) is 4.92. The van der Waals surface area contributed by atoms with Crippen LogP contribution in [0, 0.1) is 23.7 Å². The van der Waals surface area contributed by atoms with E-state index in [-0.39, 0.29) is 24.9 Å². The zero-order valence-corrected chi connectivity index (χ0v) is 27.7. The van der Waals surface area contributed by atoms with Gasteiger partial charge in [0.05, 0.1) is 13.2 Å². The molecule has 0 radical (unpaired) electrons. The molecule has 6 heteroatoms. The molecule has 2 heterocycles. The van der Waals surface area contributed by atoms with Crippen LogP contribution in [0.25, 0.3) is 12.2 Å². The predicted molar refractivity (Wildman–Crippen MR) is 181 cm³/mol. The van der Waals surface area contributed by atoms with Crippen LogP contribution in [-0.2, 0) is 41.6 Å². The molecule has 0 bridgehead atoms. The lowest BCUT2D eigenvalue weighted by Gasteiger charge is -2.26. The number of ether oxygens (including phenoxy) is 3. The second kappa shape index (κ2) is 16.4. The van der Waals surface area contributed by atoms with Crippen molar-refractivity contribution in [3.8, 4) is 0 Å². The van der Waals surface area contributed by atoms with E-state index >= 15 is 0 Å². The Morgan fingerprint density at radius 1 is 0.696 bits per heavy atom. The molecule has 4 atom stereocenters. The molecular weight excluding hydrogens is 576 g/mol. The highest BCUT2D eigenvalue weighted by atomic mass is 17.2. The van der Waals surface area contributed by atoms with Gasteiger partial charge in [-0.15, -0.1) is 0 Å². The van der Waals surface area contributed by atoms with Gasteiger partial charge in [0.2, 0.25) is 0 Å². The third-order valence-corrected chi connectivity index (χ3v) is 10.6. The highest BCUT2D eigenvalue weighted by molar-refractivity contribution is 5.87. The highest BCUT2D eigenvalue weighted by Gasteiger charge is 2.50. The summed E-state index contributed by atoms with van der Waals surface area (Å²) in [6.45, 7) is 5.66. The molecule has 0 spiro atoms. The smallest absolute Gasteiger partial charge is 0.331 e. The number of carbonyl (C=O) groups excluding carboxylic acids is 1.